The third kappa shape index (κ3) is 3.82. The molecule has 3 heterocycles. The van der Waals surface area contributed by atoms with Gasteiger partial charge in [0.2, 0.25) is 11.7 Å². The molecular formula is C21H12F3N5O2. The Morgan fingerprint density at radius 1 is 0.935 bits per heavy atom. The molecule has 0 saturated carbocycles. The maximum Gasteiger partial charge on any atom is 0.416 e. The number of alkyl halides is 3. The van der Waals surface area contributed by atoms with E-state index in [4.69, 9.17) is 9.26 Å². The summed E-state index contributed by atoms with van der Waals surface area (Å²) in [6, 6.07) is 12.0. The van der Waals surface area contributed by atoms with Gasteiger partial charge < -0.3 is 14.2 Å². The lowest BCUT2D eigenvalue weighted by Crippen LogP contribution is -2.04. The van der Waals surface area contributed by atoms with Crippen LogP contribution in [0.5, 0.6) is 11.6 Å². The predicted molar refractivity (Wildman–Crippen MR) is 104 cm³/mol. The minimum absolute atomic E-state index is 0.0850. The number of aromatic nitrogens is 5. The number of nitrogens with zero attached hydrogens (tertiary/aromatic N) is 4. The molecule has 0 atom stereocenters. The molecule has 0 aliphatic carbocycles. The fraction of sp³-hybridized carbons (Fsp3) is 0.0476. The summed E-state index contributed by atoms with van der Waals surface area (Å²) >= 11 is 0. The van der Waals surface area contributed by atoms with Crippen LogP contribution in [0.2, 0.25) is 0 Å². The Bertz CT molecular complexity index is 1340. The van der Waals surface area contributed by atoms with Crippen molar-refractivity contribution >= 4 is 10.9 Å². The molecule has 10 heteroatoms. The van der Waals surface area contributed by atoms with E-state index >= 15 is 0 Å². The van der Waals surface area contributed by atoms with Crippen LogP contribution in [0.4, 0.5) is 13.2 Å². The van der Waals surface area contributed by atoms with Crippen LogP contribution in [-0.4, -0.2) is 25.1 Å². The predicted octanol–water partition coefficient (Wildman–Crippen LogP) is 5.49. The molecule has 1 N–H and O–H groups in total. The molecule has 0 spiro atoms. The van der Waals surface area contributed by atoms with Crippen molar-refractivity contribution in [3.63, 3.8) is 0 Å². The first-order chi connectivity index (χ1) is 15.0. The van der Waals surface area contributed by atoms with Crippen LogP contribution in [0.1, 0.15) is 5.56 Å². The number of halogens is 3. The van der Waals surface area contributed by atoms with Gasteiger partial charge >= 0.3 is 6.18 Å². The van der Waals surface area contributed by atoms with Crippen LogP contribution in [0.3, 0.4) is 0 Å². The second-order valence-corrected chi connectivity index (χ2v) is 6.57. The second kappa shape index (κ2) is 7.24. The van der Waals surface area contributed by atoms with E-state index in [1.54, 1.807) is 0 Å². The highest BCUT2D eigenvalue weighted by molar-refractivity contribution is 5.80. The number of H-pyrrole nitrogens is 1. The third-order valence-corrected chi connectivity index (χ3v) is 4.49. The largest absolute Gasteiger partial charge is 0.437 e. The molecule has 5 aromatic rings. The summed E-state index contributed by atoms with van der Waals surface area (Å²) in [4.78, 5) is 15.7. The van der Waals surface area contributed by atoms with Crippen molar-refractivity contribution in [3.8, 4) is 34.6 Å². The van der Waals surface area contributed by atoms with E-state index in [1.165, 1.54) is 24.5 Å². The number of aromatic amines is 1. The van der Waals surface area contributed by atoms with E-state index in [0.29, 0.717) is 17.0 Å². The standard InChI is InChI=1S/C21H12F3N5O2/c22-21(23,24)14-4-1-13(2-5-14)19-28-20(31-29-19)17-10-27-18(11-26-17)30-15-6-3-12-7-8-25-16(12)9-15/h1-11,25H. The van der Waals surface area contributed by atoms with Crippen molar-refractivity contribution in [1.82, 2.24) is 25.1 Å². The molecule has 0 bridgehead atoms. The lowest BCUT2D eigenvalue weighted by Gasteiger charge is -2.05. The van der Waals surface area contributed by atoms with E-state index in [0.717, 1.165) is 23.0 Å². The minimum atomic E-state index is -4.41. The van der Waals surface area contributed by atoms with E-state index < -0.39 is 11.7 Å². The number of hydrogen-bond acceptors (Lipinski definition) is 6. The Morgan fingerprint density at radius 2 is 1.77 bits per heavy atom. The molecule has 5 rings (SSSR count). The number of hydrogen-bond donors (Lipinski definition) is 1. The van der Waals surface area contributed by atoms with Gasteiger partial charge in [0, 0.05) is 23.3 Å². The fourth-order valence-corrected chi connectivity index (χ4v) is 2.94. The summed E-state index contributed by atoms with van der Waals surface area (Å²) < 4.78 is 49.0. The van der Waals surface area contributed by atoms with E-state index in [2.05, 4.69) is 25.1 Å². The average Bonchev–Trinajstić information content (AvgIpc) is 3.43. The monoisotopic (exact) mass is 423 g/mol. The van der Waals surface area contributed by atoms with Gasteiger partial charge in [0.05, 0.1) is 18.0 Å². The molecule has 0 fully saturated rings. The highest BCUT2D eigenvalue weighted by Gasteiger charge is 2.30. The Labute approximate surface area is 172 Å². The van der Waals surface area contributed by atoms with Crippen molar-refractivity contribution in [2.45, 2.75) is 6.18 Å². The number of nitrogens with one attached hydrogen (secondary N) is 1. The van der Waals surface area contributed by atoms with Crippen LogP contribution < -0.4 is 4.74 Å². The van der Waals surface area contributed by atoms with Gasteiger partial charge in [-0.15, -0.1) is 0 Å². The lowest BCUT2D eigenvalue weighted by molar-refractivity contribution is -0.137. The maximum absolute atomic E-state index is 12.7. The summed E-state index contributed by atoms with van der Waals surface area (Å²) in [6.45, 7) is 0. The van der Waals surface area contributed by atoms with Crippen molar-refractivity contribution in [3.05, 3.63) is 72.7 Å². The summed E-state index contributed by atoms with van der Waals surface area (Å²) in [5.41, 5.74) is 0.869. The third-order valence-electron chi connectivity index (χ3n) is 4.49. The molecular weight excluding hydrogens is 411 g/mol. The van der Waals surface area contributed by atoms with Crippen LogP contribution in [0.25, 0.3) is 33.9 Å². The Hall–Kier alpha value is -4.21. The maximum atomic E-state index is 12.7. The van der Waals surface area contributed by atoms with E-state index in [1.807, 2.05) is 30.5 Å². The van der Waals surface area contributed by atoms with E-state index in [-0.39, 0.29) is 17.6 Å². The molecule has 154 valence electrons. The molecule has 0 unspecified atom stereocenters. The van der Waals surface area contributed by atoms with Gasteiger partial charge in [0.25, 0.3) is 5.89 Å². The molecule has 0 saturated heterocycles. The van der Waals surface area contributed by atoms with Gasteiger partial charge in [-0.25, -0.2) is 9.97 Å². The average molecular weight is 423 g/mol. The second-order valence-electron chi connectivity index (χ2n) is 6.57. The molecule has 0 amide bonds. The van der Waals surface area contributed by atoms with Gasteiger partial charge in [0.15, 0.2) is 0 Å². The van der Waals surface area contributed by atoms with Crippen LogP contribution in [0.15, 0.2) is 71.6 Å². The zero-order valence-corrected chi connectivity index (χ0v) is 15.6. The lowest BCUT2D eigenvalue weighted by atomic mass is 10.1. The fourth-order valence-electron chi connectivity index (χ4n) is 2.94. The van der Waals surface area contributed by atoms with Crippen molar-refractivity contribution in [1.29, 1.82) is 0 Å². The van der Waals surface area contributed by atoms with Crippen molar-refractivity contribution in [2.75, 3.05) is 0 Å². The molecule has 0 aliphatic heterocycles. The van der Waals surface area contributed by atoms with Crippen LogP contribution in [0, 0.1) is 0 Å². The normalized spacial score (nSPS) is 11.7. The Kier molecular flexibility index (Phi) is 4.39. The van der Waals surface area contributed by atoms with Crippen LogP contribution >= 0.6 is 0 Å². The van der Waals surface area contributed by atoms with Gasteiger partial charge in [0.1, 0.15) is 11.4 Å². The molecule has 2 aromatic carbocycles. The smallest absolute Gasteiger partial charge is 0.416 e. The Morgan fingerprint density at radius 3 is 2.52 bits per heavy atom. The Balaban J connectivity index is 1.32. The number of rotatable bonds is 4. The van der Waals surface area contributed by atoms with Gasteiger partial charge in [-0.1, -0.05) is 17.3 Å². The zero-order valence-electron chi connectivity index (χ0n) is 15.6. The molecule has 31 heavy (non-hydrogen) atoms. The number of ether oxygens (including phenoxy) is 1. The van der Waals surface area contributed by atoms with Crippen molar-refractivity contribution < 1.29 is 22.4 Å². The zero-order chi connectivity index (χ0) is 21.4. The first-order valence-corrected chi connectivity index (χ1v) is 9.04. The summed E-state index contributed by atoms with van der Waals surface area (Å²) in [6.07, 6.45) is 0.253. The molecule has 7 nitrogen and oxygen atoms in total. The highest BCUT2D eigenvalue weighted by Crippen LogP contribution is 2.31. The number of fused-ring (bicyclic) bond motifs is 1. The quantitative estimate of drug-likeness (QED) is 0.411. The van der Waals surface area contributed by atoms with E-state index in [9.17, 15) is 13.2 Å². The van der Waals surface area contributed by atoms with Gasteiger partial charge in [-0.2, -0.15) is 18.2 Å². The minimum Gasteiger partial charge on any atom is -0.437 e. The summed E-state index contributed by atoms with van der Waals surface area (Å²) in [7, 11) is 0. The number of benzene rings is 2. The first kappa shape index (κ1) is 18.8. The molecule has 3 aromatic heterocycles. The molecule has 0 radical (unpaired) electrons. The topological polar surface area (TPSA) is 89.7 Å². The highest BCUT2D eigenvalue weighted by atomic mass is 19.4. The van der Waals surface area contributed by atoms with Crippen LogP contribution in [-0.2, 0) is 6.18 Å². The first-order valence-electron chi connectivity index (χ1n) is 9.04. The summed E-state index contributed by atoms with van der Waals surface area (Å²) in [5.74, 6) is 1.10. The van der Waals surface area contributed by atoms with Gasteiger partial charge in [-0.3, -0.25) is 0 Å². The SMILES string of the molecule is FC(F)(F)c1ccc(-c2noc(-c3cnc(Oc4ccc5cc[nH]c5c4)cn3)n2)cc1. The summed E-state index contributed by atoms with van der Waals surface area (Å²) in [5, 5.41) is 4.86. The van der Waals surface area contributed by atoms with Crippen molar-refractivity contribution in [2.24, 2.45) is 0 Å². The molecule has 0 aliphatic rings. The van der Waals surface area contributed by atoms with Gasteiger partial charge in [-0.05, 0) is 35.7 Å².